The second kappa shape index (κ2) is 7.68. The molecule has 0 rings (SSSR count). The fourth-order valence-corrected chi connectivity index (χ4v) is 0.533. The second-order valence-electron chi connectivity index (χ2n) is 2.16. The maximum Gasteiger partial charge on any atom is 0.531 e. The molecule has 0 bridgehead atoms. The largest absolute Gasteiger partial charge is 0.531 e. The topological polar surface area (TPSA) is 68.2 Å². The molecule has 0 radical (unpaired) electrons. The molecule has 0 fully saturated rings. The summed E-state index contributed by atoms with van der Waals surface area (Å²) in [5.74, 6) is 0. The average Bonchev–Trinajstić information content (AvgIpc) is 2.09. The molecule has 8 heteroatoms. The lowest BCUT2D eigenvalue weighted by Crippen LogP contribution is -2.20. The van der Waals surface area contributed by atoms with Crippen molar-refractivity contribution >= 4 is 7.12 Å². The summed E-state index contributed by atoms with van der Waals surface area (Å²) in [5, 5.41) is 16.8. The van der Waals surface area contributed by atoms with Gasteiger partial charge < -0.3 is 24.3 Å². The molecule has 0 saturated heterocycles. The highest BCUT2D eigenvalue weighted by Gasteiger charge is 2.23. The number of methoxy groups -OCH3 is 1. The first kappa shape index (κ1) is 13.3. The predicted molar refractivity (Wildman–Crippen MR) is 43.2 cm³/mol. The Morgan fingerprint density at radius 1 is 1.29 bits per heavy atom. The highest BCUT2D eigenvalue weighted by Crippen LogP contribution is 2.10. The molecule has 0 aliphatic carbocycles. The molecule has 2 N–H and O–H groups in total. The summed E-state index contributed by atoms with van der Waals surface area (Å²) in [6, 6.07) is 0. The molecule has 0 aromatic rings. The molecule has 0 heterocycles. The zero-order valence-electron chi connectivity index (χ0n) is 7.57. The van der Waals surface area contributed by atoms with Gasteiger partial charge in [-0.1, -0.05) is 0 Å². The second-order valence-corrected chi connectivity index (χ2v) is 2.16. The highest BCUT2D eigenvalue weighted by molar-refractivity contribution is 6.49. The molecule has 0 atom stereocenters. The fourth-order valence-electron chi connectivity index (χ4n) is 0.533. The molecule has 0 aliphatic heterocycles. The summed E-state index contributed by atoms with van der Waals surface area (Å²) in [7, 11) is -0.889. The van der Waals surface area contributed by atoms with Crippen LogP contribution in [0.15, 0.2) is 11.7 Å². The monoisotopic (exact) mass is 212 g/mol. The van der Waals surface area contributed by atoms with Gasteiger partial charge in [0.05, 0.1) is 13.2 Å². The summed E-state index contributed by atoms with van der Waals surface area (Å²) in [5.41, 5.74) is -1.21. The predicted octanol–water partition coefficient (Wildman–Crippen LogP) is -0.256. The van der Waals surface area contributed by atoms with Crippen molar-refractivity contribution in [2.24, 2.45) is 0 Å². The van der Waals surface area contributed by atoms with Crippen molar-refractivity contribution in [1.82, 2.24) is 0 Å². The van der Waals surface area contributed by atoms with Crippen LogP contribution in [-0.2, 0) is 14.2 Å². The van der Waals surface area contributed by atoms with Crippen LogP contribution < -0.4 is 0 Å². The summed E-state index contributed by atoms with van der Waals surface area (Å²) in [6.45, 7) is -0.0327. The van der Waals surface area contributed by atoms with Gasteiger partial charge in [0.15, 0.2) is 12.5 Å². The van der Waals surface area contributed by atoms with E-state index in [2.05, 4.69) is 14.2 Å². The van der Waals surface area contributed by atoms with Gasteiger partial charge >= 0.3 is 13.2 Å². The van der Waals surface area contributed by atoms with Gasteiger partial charge in [-0.05, 0) is 0 Å². The third-order valence-electron chi connectivity index (χ3n) is 1.15. The van der Waals surface area contributed by atoms with Crippen molar-refractivity contribution in [1.29, 1.82) is 0 Å². The number of hydrogen-bond donors (Lipinski definition) is 2. The minimum absolute atomic E-state index is 0.166. The Kier molecular flexibility index (Phi) is 7.30. The molecule has 0 amide bonds. The molecular formula is C6H11BF2O5. The first-order valence-electron chi connectivity index (χ1n) is 3.70. The molecule has 0 aromatic heterocycles. The Labute approximate surface area is 80.0 Å². The van der Waals surface area contributed by atoms with Crippen LogP contribution in [-0.4, -0.2) is 44.3 Å². The average molecular weight is 212 g/mol. The summed E-state index contributed by atoms with van der Waals surface area (Å²) in [6.07, 6.45) is -2.30. The Morgan fingerprint density at radius 2 is 1.93 bits per heavy atom. The first-order chi connectivity index (χ1) is 6.59. The van der Waals surface area contributed by atoms with Crippen LogP contribution >= 0.6 is 0 Å². The van der Waals surface area contributed by atoms with Crippen molar-refractivity contribution in [2.75, 3.05) is 27.1 Å². The Morgan fingerprint density at radius 3 is 2.36 bits per heavy atom. The summed E-state index contributed by atoms with van der Waals surface area (Å²) >= 11 is 0. The number of hydrogen-bond acceptors (Lipinski definition) is 5. The van der Waals surface area contributed by atoms with Crippen LogP contribution in [0.25, 0.3) is 0 Å². The van der Waals surface area contributed by atoms with E-state index in [1.165, 1.54) is 7.11 Å². The van der Waals surface area contributed by atoms with Crippen LogP contribution in [0, 0.1) is 0 Å². The van der Waals surface area contributed by atoms with Gasteiger partial charge in [-0.3, -0.25) is 0 Å². The Balaban J connectivity index is 3.69. The van der Waals surface area contributed by atoms with E-state index in [0.29, 0.717) is 6.61 Å². The third kappa shape index (κ3) is 5.87. The molecule has 5 nitrogen and oxygen atoms in total. The van der Waals surface area contributed by atoms with Crippen LogP contribution in [0.3, 0.4) is 0 Å². The van der Waals surface area contributed by atoms with E-state index in [4.69, 9.17) is 10.0 Å². The third-order valence-corrected chi connectivity index (χ3v) is 1.15. The van der Waals surface area contributed by atoms with Crippen LogP contribution in [0.1, 0.15) is 0 Å². The molecule has 82 valence electrons. The minimum Gasteiger partial charge on any atom is -0.470 e. The minimum atomic E-state index is -2.34. The Bertz CT molecular complexity index is 183. The molecule has 0 aromatic carbocycles. The van der Waals surface area contributed by atoms with Gasteiger partial charge in [0, 0.05) is 7.11 Å². The van der Waals surface area contributed by atoms with Gasteiger partial charge in [-0.2, -0.15) is 8.78 Å². The van der Waals surface area contributed by atoms with E-state index >= 15 is 0 Å². The Hall–Kier alpha value is -0.695. The molecule has 0 aliphatic rings. The molecule has 14 heavy (non-hydrogen) atoms. The standard InChI is InChI=1S/C6H11BF2O5/c1-12-2-3-13-4-14-5(6(8)9)7(10)11/h10-11H,2-4H2,1H3. The summed E-state index contributed by atoms with van der Waals surface area (Å²) < 4.78 is 37.3. The van der Waals surface area contributed by atoms with Crippen LogP contribution in [0.2, 0.25) is 0 Å². The zero-order chi connectivity index (χ0) is 11.0. The zero-order valence-corrected chi connectivity index (χ0v) is 7.57. The van der Waals surface area contributed by atoms with Crippen LogP contribution in [0.5, 0.6) is 0 Å². The van der Waals surface area contributed by atoms with Crippen molar-refractivity contribution in [2.45, 2.75) is 0 Å². The van der Waals surface area contributed by atoms with Gasteiger partial charge in [-0.15, -0.1) is 0 Å². The van der Waals surface area contributed by atoms with E-state index in [1.54, 1.807) is 0 Å². The van der Waals surface area contributed by atoms with Crippen molar-refractivity contribution in [3.05, 3.63) is 11.7 Å². The van der Waals surface area contributed by atoms with Crippen molar-refractivity contribution in [3.63, 3.8) is 0 Å². The molecule has 0 spiro atoms. The number of ether oxygens (including phenoxy) is 3. The van der Waals surface area contributed by atoms with Crippen LogP contribution in [0.4, 0.5) is 8.78 Å². The normalized spacial score (nSPS) is 9.79. The van der Waals surface area contributed by atoms with Gasteiger partial charge in [-0.25, -0.2) is 0 Å². The van der Waals surface area contributed by atoms with E-state index in [-0.39, 0.29) is 6.61 Å². The van der Waals surface area contributed by atoms with Gasteiger partial charge in [0.2, 0.25) is 0 Å². The molecule has 0 unspecified atom stereocenters. The lowest BCUT2D eigenvalue weighted by Gasteiger charge is -2.08. The van der Waals surface area contributed by atoms with Crippen molar-refractivity contribution in [3.8, 4) is 0 Å². The highest BCUT2D eigenvalue weighted by atomic mass is 19.3. The van der Waals surface area contributed by atoms with Crippen molar-refractivity contribution < 1.29 is 33.0 Å². The van der Waals surface area contributed by atoms with E-state index in [0.717, 1.165) is 0 Å². The molecular weight excluding hydrogens is 201 g/mol. The smallest absolute Gasteiger partial charge is 0.470 e. The SMILES string of the molecule is COCCOCOC(B(O)O)=C(F)F. The van der Waals surface area contributed by atoms with E-state index in [1.807, 2.05) is 0 Å². The molecule has 0 saturated carbocycles. The summed E-state index contributed by atoms with van der Waals surface area (Å²) in [4.78, 5) is 0. The van der Waals surface area contributed by atoms with E-state index in [9.17, 15) is 8.78 Å². The van der Waals surface area contributed by atoms with Gasteiger partial charge in [0.1, 0.15) is 0 Å². The van der Waals surface area contributed by atoms with E-state index < -0.39 is 25.7 Å². The van der Waals surface area contributed by atoms with Gasteiger partial charge in [0.25, 0.3) is 0 Å². The first-order valence-corrected chi connectivity index (χ1v) is 3.70. The maximum absolute atomic E-state index is 11.9. The number of halogens is 2. The quantitative estimate of drug-likeness (QED) is 0.263. The lowest BCUT2D eigenvalue weighted by molar-refractivity contribution is -0.0396. The maximum atomic E-state index is 11.9. The number of rotatable bonds is 7. The fraction of sp³-hybridized carbons (Fsp3) is 0.667. The lowest BCUT2D eigenvalue weighted by atomic mass is 9.89.